The molecule has 6 heteroatoms. The smallest absolute Gasteiger partial charge is 0.313 e. The SMILES string of the molecule is COCCn1c(SCC(=O)O)nc2ccccc21. The summed E-state index contributed by atoms with van der Waals surface area (Å²) in [5.41, 5.74) is 1.88. The van der Waals surface area contributed by atoms with E-state index in [1.165, 1.54) is 11.8 Å². The number of fused-ring (bicyclic) bond motifs is 1. The third-order valence-electron chi connectivity index (χ3n) is 2.46. The summed E-state index contributed by atoms with van der Waals surface area (Å²) >= 11 is 1.23. The van der Waals surface area contributed by atoms with Gasteiger partial charge < -0.3 is 14.4 Å². The molecule has 0 fully saturated rings. The molecule has 0 aliphatic heterocycles. The molecule has 0 saturated heterocycles. The van der Waals surface area contributed by atoms with E-state index in [9.17, 15) is 4.79 Å². The van der Waals surface area contributed by atoms with Gasteiger partial charge in [-0.3, -0.25) is 4.79 Å². The van der Waals surface area contributed by atoms with E-state index in [0.29, 0.717) is 13.2 Å². The van der Waals surface area contributed by atoms with Crippen LogP contribution in [0.3, 0.4) is 0 Å². The van der Waals surface area contributed by atoms with Gasteiger partial charge in [0.1, 0.15) is 0 Å². The molecule has 5 nitrogen and oxygen atoms in total. The highest BCUT2D eigenvalue weighted by atomic mass is 32.2. The van der Waals surface area contributed by atoms with Crippen LogP contribution in [0.25, 0.3) is 11.0 Å². The van der Waals surface area contributed by atoms with Gasteiger partial charge in [-0.25, -0.2) is 4.98 Å². The van der Waals surface area contributed by atoms with Crippen LogP contribution in [0.1, 0.15) is 0 Å². The van der Waals surface area contributed by atoms with Gasteiger partial charge in [0.15, 0.2) is 5.16 Å². The fourth-order valence-electron chi connectivity index (χ4n) is 1.69. The lowest BCUT2D eigenvalue weighted by Gasteiger charge is -2.07. The third-order valence-corrected chi connectivity index (χ3v) is 3.42. The molecular formula is C12H14N2O3S. The van der Waals surface area contributed by atoms with Crippen molar-refractivity contribution in [3.8, 4) is 0 Å². The highest BCUT2D eigenvalue weighted by molar-refractivity contribution is 7.99. The summed E-state index contributed by atoms with van der Waals surface area (Å²) in [6, 6.07) is 7.76. The molecule has 0 unspecified atom stereocenters. The number of aliphatic carboxylic acids is 1. The van der Waals surface area contributed by atoms with Crippen LogP contribution in [0, 0.1) is 0 Å². The number of benzene rings is 1. The number of thioether (sulfide) groups is 1. The number of nitrogens with zero attached hydrogens (tertiary/aromatic N) is 2. The van der Waals surface area contributed by atoms with Crippen LogP contribution in [0.5, 0.6) is 0 Å². The van der Waals surface area contributed by atoms with E-state index in [1.807, 2.05) is 28.8 Å². The summed E-state index contributed by atoms with van der Waals surface area (Å²) < 4.78 is 7.06. The number of rotatable bonds is 6. The van der Waals surface area contributed by atoms with Crippen LogP contribution < -0.4 is 0 Å². The lowest BCUT2D eigenvalue weighted by Crippen LogP contribution is -2.07. The molecule has 1 heterocycles. The van der Waals surface area contributed by atoms with E-state index >= 15 is 0 Å². The van der Waals surface area contributed by atoms with Gasteiger partial charge in [0.05, 0.1) is 23.4 Å². The minimum Gasteiger partial charge on any atom is -0.481 e. The van der Waals surface area contributed by atoms with Crippen molar-refractivity contribution in [3.05, 3.63) is 24.3 Å². The van der Waals surface area contributed by atoms with Gasteiger partial charge in [-0.2, -0.15) is 0 Å². The molecule has 1 aromatic carbocycles. The lowest BCUT2D eigenvalue weighted by atomic mass is 10.3. The maximum atomic E-state index is 10.6. The van der Waals surface area contributed by atoms with Crippen LogP contribution in [0.4, 0.5) is 0 Å². The summed E-state index contributed by atoms with van der Waals surface area (Å²) in [7, 11) is 1.64. The number of aromatic nitrogens is 2. The number of hydrogen-bond acceptors (Lipinski definition) is 4. The minimum absolute atomic E-state index is 0.0102. The monoisotopic (exact) mass is 266 g/mol. The molecule has 96 valence electrons. The maximum Gasteiger partial charge on any atom is 0.313 e. The predicted molar refractivity (Wildman–Crippen MR) is 70.0 cm³/mol. The Morgan fingerprint density at radius 2 is 2.28 bits per heavy atom. The maximum absolute atomic E-state index is 10.6. The molecule has 0 bridgehead atoms. The normalized spacial score (nSPS) is 10.9. The molecule has 1 aromatic heterocycles. The first-order valence-electron chi connectivity index (χ1n) is 5.51. The lowest BCUT2D eigenvalue weighted by molar-refractivity contribution is -0.133. The molecule has 2 aromatic rings. The first-order chi connectivity index (χ1) is 8.72. The number of methoxy groups -OCH3 is 1. The van der Waals surface area contributed by atoms with E-state index < -0.39 is 5.97 Å². The Balaban J connectivity index is 2.33. The van der Waals surface area contributed by atoms with Crippen molar-refractivity contribution in [2.24, 2.45) is 0 Å². The number of para-hydroxylation sites is 2. The number of imidazole rings is 1. The second-order valence-corrected chi connectivity index (χ2v) is 4.65. The van der Waals surface area contributed by atoms with Crippen molar-refractivity contribution < 1.29 is 14.6 Å². The van der Waals surface area contributed by atoms with Crippen LogP contribution in [0.2, 0.25) is 0 Å². The number of hydrogen-bond donors (Lipinski definition) is 1. The predicted octanol–water partition coefficient (Wildman–Crippen LogP) is 1.86. The largest absolute Gasteiger partial charge is 0.481 e. The van der Waals surface area contributed by atoms with Crippen LogP contribution in [-0.2, 0) is 16.1 Å². The zero-order valence-electron chi connectivity index (χ0n) is 10.00. The average molecular weight is 266 g/mol. The van der Waals surface area contributed by atoms with E-state index in [1.54, 1.807) is 7.11 Å². The second kappa shape index (κ2) is 5.88. The van der Waals surface area contributed by atoms with Gasteiger partial charge in [-0.05, 0) is 12.1 Å². The molecule has 2 rings (SSSR count). The van der Waals surface area contributed by atoms with Gasteiger partial charge >= 0.3 is 5.97 Å². The molecule has 0 radical (unpaired) electrons. The van der Waals surface area contributed by atoms with E-state index in [4.69, 9.17) is 9.84 Å². The topological polar surface area (TPSA) is 64.3 Å². The van der Waals surface area contributed by atoms with Gasteiger partial charge in [0, 0.05) is 13.7 Å². The summed E-state index contributed by atoms with van der Waals surface area (Å²) in [5.74, 6) is -0.832. The Hall–Kier alpha value is -1.53. The van der Waals surface area contributed by atoms with Gasteiger partial charge in [0.25, 0.3) is 0 Å². The van der Waals surface area contributed by atoms with Crippen molar-refractivity contribution in [2.75, 3.05) is 19.5 Å². The van der Waals surface area contributed by atoms with Crippen molar-refractivity contribution in [3.63, 3.8) is 0 Å². The fraction of sp³-hybridized carbons (Fsp3) is 0.333. The molecule has 18 heavy (non-hydrogen) atoms. The Kier molecular flexibility index (Phi) is 4.22. The second-order valence-electron chi connectivity index (χ2n) is 3.71. The molecule has 0 amide bonds. The summed E-state index contributed by atoms with van der Waals surface area (Å²) in [4.78, 5) is 15.1. The molecule has 0 atom stereocenters. The number of carboxylic acids is 1. The quantitative estimate of drug-likeness (QED) is 0.808. The van der Waals surface area contributed by atoms with E-state index in [0.717, 1.165) is 16.2 Å². The molecular weight excluding hydrogens is 252 g/mol. The zero-order chi connectivity index (χ0) is 13.0. The zero-order valence-corrected chi connectivity index (χ0v) is 10.8. The fourth-order valence-corrected chi connectivity index (χ4v) is 2.45. The van der Waals surface area contributed by atoms with Crippen LogP contribution in [-0.4, -0.2) is 40.1 Å². The molecule has 0 aliphatic carbocycles. The summed E-state index contributed by atoms with van der Waals surface area (Å²) in [5, 5.41) is 9.45. The summed E-state index contributed by atoms with van der Waals surface area (Å²) in [6.07, 6.45) is 0. The average Bonchev–Trinajstić information content (AvgIpc) is 2.71. The Morgan fingerprint density at radius 3 is 3.00 bits per heavy atom. The van der Waals surface area contributed by atoms with Crippen molar-refractivity contribution in [1.29, 1.82) is 0 Å². The van der Waals surface area contributed by atoms with Gasteiger partial charge in [-0.15, -0.1) is 0 Å². The number of carboxylic acid groups (broad SMARTS) is 1. The van der Waals surface area contributed by atoms with E-state index in [2.05, 4.69) is 4.98 Å². The van der Waals surface area contributed by atoms with Crippen LogP contribution in [0.15, 0.2) is 29.4 Å². The van der Waals surface area contributed by atoms with E-state index in [-0.39, 0.29) is 5.75 Å². The Morgan fingerprint density at radius 1 is 1.50 bits per heavy atom. The molecule has 0 saturated carbocycles. The third kappa shape index (κ3) is 2.83. The highest BCUT2D eigenvalue weighted by Crippen LogP contribution is 2.23. The molecule has 1 N–H and O–H groups in total. The first-order valence-corrected chi connectivity index (χ1v) is 6.49. The number of ether oxygens (including phenoxy) is 1. The summed E-state index contributed by atoms with van der Waals surface area (Å²) in [6.45, 7) is 1.24. The van der Waals surface area contributed by atoms with Crippen molar-refractivity contribution in [2.45, 2.75) is 11.7 Å². The van der Waals surface area contributed by atoms with Crippen molar-refractivity contribution >= 4 is 28.8 Å². The van der Waals surface area contributed by atoms with Crippen LogP contribution >= 0.6 is 11.8 Å². The Bertz CT molecular complexity index is 553. The van der Waals surface area contributed by atoms with Gasteiger partial charge in [0.2, 0.25) is 0 Å². The molecule has 0 aliphatic rings. The van der Waals surface area contributed by atoms with Crippen molar-refractivity contribution in [1.82, 2.24) is 9.55 Å². The van der Waals surface area contributed by atoms with Gasteiger partial charge in [-0.1, -0.05) is 23.9 Å². The Labute approximate surface area is 109 Å². The number of carbonyl (C=O) groups is 1. The highest BCUT2D eigenvalue weighted by Gasteiger charge is 2.11. The minimum atomic E-state index is -0.842. The molecule has 0 spiro atoms. The first kappa shape index (κ1) is 12.9. The standard InChI is InChI=1S/C12H14N2O3S/c1-17-7-6-14-10-5-3-2-4-9(10)13-12(14)18-8-11(15)16/h2-5H,6-8H2,1H3,(H,15,16).